The molecule has 0 aromatic heterocycles. The summed E-state index contributed by atoms with van der Waals surface area (Å²) in [5, 5.41) is 0. The highest BCUT2D eigenvalue weighted by atomic mass is 32.2. The zero-order valence-electron chi connectivity index (χ0n) is 17.9. The summed E-state index contributed by atoms with van der Waals surface area (Å²) in [5.74, 6) is 0.333. The van der Waals surface area contributed by atoms with E-state index in [0.717, 1.165) is 76.1 Å². The van der Waals surface area contributed by atoms with Crippen LogP contribution >= 0.6 is 0 Å². The summed E-state index contributed by atoms with van der Waals surface area (Å²) in [4.78, 5) is 16.7. The number of hydrogen-bond acceptors (Lipinski definition) is 4. The number of likely N-dealkylation sites (N-methyl/N-ethyl adjacent to an activating group) is 1. The highest BCUT2D eigenvalue weighted by molar-refractivity contribution is 7.89. The van der Waals surface area contributed by atoms with E-state index in [2.05, 4.69) is 4.90 Å². The van der Waals surface area contributed by atoms with Crippen molar-refractivity contribution < 1.29 is 26.4 Å². The molecule has 1 amide bonds. The minimum Gasteiger partial charge on any atom is -0.340 e. The molecule has 2 fully saturated rings. The van der Waals surface area contributed by atoms with E-state index in [-0.39, 0.29) is 22.6 Å². The first-order valence-electron chi connectivity index (χ1n) is 10.6. The molecule has 1 saturated heterocycles. The molecule has 0 bridgehead atoms. The first kappa shape index (κ1) is 24.0. The van der Waals surface area contributed by atoms with Crippen LogP contribution in [0.3, 0.4) is 0 Å². The van der Waals surface area contributed by atoms with Crippen molar-refractivity contribution in [2.45, 2.75) is 36.8 Å². The average Bonchev–Trinajstić information content (AvgIpc) is 2.74. The van der Waals surface area contributed by atoms with Gasteiger partial charge in [0.2, 0.25) is 15.9 Å². The van der Waals surface area contributed by atoms with Gasteiger partial charge in [-0.25, -0.2) is 12.7 Å². The SMILES string of the molecule is CN1CCN(C(=O)[C@H]2CC[C@H](CN(C)S(=O)(=O)c3ccc(C(F)(F)F)cc3)CC2)CC1. The van der Waals surface area contributed by atoms with Crippen LogP contribution in [-0.4, -0.2) is 75.2 Å². The van der Waals surface area contributed by atoms with Crippen LogP contribution in [0.25, 0.3) is 0 Å². The molecule has 0 N–H and O–H groups in total. The maximum Gasteiger partial charge on any atom is 0.416 e. The minimum atomic E-state index is -4.51. The van der Waals surface area contributed by atoms with E-state index < -0.39 is 21.8 Å². The van der Waals surface area contributed by atoms with Gasteiger partial charge in [0.25, 0.3) is 0 Å². The lowest BCUT2D eigenvalue weighted by atomic mass is 9.81. The van der Waals surface area contributed by atoms with Crippen molar-refractivity contribution in [3.05, 3.63) is 29.8 Å². The number of sulfonamides is 1. The normalized spacial score (nSPS) is 23.9. The Morgan fingerprint density at radius 1 is 1.03 bits per heavy atom. The number of carbonyl (C=O) groups is 1. The number of carbonyl (C=O) groups excluding carboxylic acids is 1. The van der Waals surface area contributed by atoms with Crippen molar-refractivity contribution in [1.82, 2.24) is 14.1 Å². The van der Waals surface area contributed by atoms with Gasteiger partial charge < -0.3 is 9.80 Å². The van der Waals surface area contributed by atoms with Crippen LogP contribution in [0.4, 0.5) is 13.2 Å². The smallest absolute Gasteiger partial charge is 0.340 e. The van der Waals surface area contributed by atoms with E-state index in [0.29, 0.717) is 6.54 Å². The minimum absolute atomic E-state index is 0.00326. The Labute approximate surface area is 182 Å². The first-order chi connectivity index (χ1) is 14.5. The van der Waals surface area contributed by atoms with Crippen molar-refractivity contribution in [2.75, 3.05) is 46.8 Å². The summed E-state index contributed by atoms with van der Waals surface area (Å²) in [6, 6.07) is 3.58. The molecular weight excluding hydrogens is 431 g/mol. The van der Waals surface area contributed by atoms with Crippen LogP contribution in [0.1, 0.15) is 31.2 Å². The maximum absolute atomic E-state index is 12.8. The molecule has 3 rings (SSSR count). The van der Waals surface area contributed by atoms with Gasteiger partial charge in [0.15, 0.2) is 0 Å². The van der Waals surface area contributed by atoms with Gasteiger partial charge in [0, 0.05) is 45.7 Å². The van der Waals surface area contributed by atoms with E-state index in [9.17, 15) is 26.4 Å². The van der Waals surface area contributed by atoms with Crippen LogP contribution < -0.4 is 0 Å². The van der Waals surface area contributed by atoms with Gasteiger partial charge in [0.1, 0.15) is 0 Å². The monoisotopic (exact) mass is 461 g/mol. The Kier molecular flexibility index (Phi) is 7.32. The van der Waals surface area contributed by atoms with E-state index in [1.54, 1.807) is 0 Å². The topological polar surface area (TPSA) is 60.9 Å². The number of benzene rings is 1. The summed E-state index contributed by atoms with van der Waals surface area (Å²) >= 11 is 0. The average molecular weight is 462 g/mol. The lowest BCUT2D eigenvalue weighted by molar-refractivity contribution is -0.138. The Balaban J connectivity index is 1.53. The molecule has 31 heavy (non-hydrogen) atoms. The zero-order chi connectivity index (χ0) is 22.8. The fourth-order valence-corrected chi connectivity index (χ4v) is 5.58. The van der Waals surface area contributed by atoms with Gasteiger partial charge in [-0.1, -0.05) is 0 Å². The van der Waals surface area contributed by atoms with Gasteiger partial charge in [-0.05, 0) is 62.9 Å². The molecule has 0 radical (unpaired) electrons. The van der Waals surface area contributed by atoms with Crippen molar-refractivity contribution >= 4 is 15.9 Å². The second-order valence-corrected chi connectivity index (χ2v) is 10.7. The Morgan fingerprint density at radius 3 is 2.10 bits per heavy atom. The van der Waals surface area contributed by atoms with E-state index >= 15 is 0 Å². The number of hydrogen-bond donors (Lipinski definition) is 0. The molecular formula is C21H30F3N3O3S. The van der Waals surface area contributed by atoms with Crippen LogP contribution in [0.5, 0.6) is 0 Å². The number of piperazine rings is 1. The maximum atomic E-state index is 12.8. The zero-order valence-corrected chi connectivity index (χ0v) is 18.8. The lowest BCUT2D eigenvalue weighted by Crippen LogP contribution is -2.49. The number of halogens is 3. The molecule has 1 aromatic carbocycles. The van der Waals surface area contributed by atoms with Crippen molar-refractivity contribution in [3.8, 4) is 0 Å². The molecule has 6 nitrogen and oxygen atoms in total. The second kappa shape index (κ2) is 9.46. The van der Waals surface area contributed by atoms with Gasteiger partial charge in [-0.2, -0.15) is 13.2 Å². The van der Waals surface area contributed by atoms with Gasteiger partial charge in [-0.15, -0.1) is 0 Å². The molecule has 1 aliphatic carbocycles. The number of rotatable bonds is 5. The fraction of sp³-hybridized carbons (Fsp3) is 0.667. The van der Waals surface area contributed by atoms with E-state index in [1.807, 2.05) is 11.9 Å². The van der Waals surface area contributed by atoms with Gasteiger partial charge in [0.05, 0.1) is 10.5 Å². The molecule has 1 heterocycles. The Hall–Kier alpha value is -1.65. The number of alkyl halides is 3. The van der Waals surface area contributed by atoms with Crippen molar-refractivity contribution in [2.24, 2.45) is 11.8 Å². The number of amides is 1. The summed E-state index contributed by atoms with van der Waals surface area (Å²) in [7, 11) is -0.370. The molecule has 2 aliphatic rings. The Bertz CT molecular complexity index is 858. The molecule has 1 aliphatic heterocycles. The van der Waals surface area contributed by atoms with Crippen LogP contribution in [-0.2, 0) is 21.0 Å². The van der Waals surface area contributed by atoms with Crippen molar-refractivity contribution in [3.63, 3.8) is 0 Å². The molecule has 1 aromatic rings. The van der Waals surface area contributed by atoms with Crippen LogP contribution in [0.15, 0.2) is 29.2 Å². The molecule has 174 valence electrons. The highest BCUT2D eigenvalue weighted by Gasteiger charge is 2.33. The Morgan fingerprint density at radius 2 is 1.58 bits per heavy atom. The molecule has 1 saturated carbocycles. The van der Waals surface area contributed by atoms with Crippen LogP contribution in [0.2, 0.25) is 0 Å². The fourth-order valence-electron chi connectivity index (χ4n) is 4.33. The molecule has 0 atom stereocenters. The van der Waals surface area contributed by atoms with E-state index in [1.165, 1.54) is 11.4 Å². The highest BCUT2D eigenvalue weighted by Crippen LogP contribution is 2.33. The third kappa shape index (κ3) is 5.78. The summed E-state index contributed by atoms with van der Waals surface area (Å²) < 4.78 is 64.9. The largest absolute Gasteiger partial charge is 0.416 e. The predicted molar refractivity (Wildman–Crippen MR) is 111 cm³/mol. The van der Waals surface area contributed by atoms with Gasteiger partial charge in [-0.3, -0.25) is 4.79 Å². The standard InChI is InChI=1S/C21H30F3N3O3S/c1-25-11-13-27(14-12-25)20(28)17-5-3-16(4-6-17)15-26(2)31(29,30)19-9-7-18(8-10-19)21(22,23)24/h7-10,16-17H,3-6,11-15H2,1-2H3/t16-,17-. The number of nitrogens with zero attached hydrogens (tertiary/aromatic N) is 3. The summed E-state index contributed by atoms with van der Waals surface area (Å²) in [6.45, 7) is 3.56. The second-order valence-electron chi connectivity index (χ2n) is 8.65. The summed E-state index contributed by atoms with van der Waals surface area (Å²) in [6.07, 6.45) is -1.50. The first-order valence-corrected chi connectivity index (χ1v) is 12.0. The quantitative estimate of drug-likeness (QED) is 0.677. The van der Waals surface area contributed by atoms with Gasteiger partial charge >= 0.3 is 6.18 Å². The molecule has 10 heteroatoms. The summed E-state index contributed by atoms with van der Waals surface area (Å²) in [5.41, 5.74) is -0.877. The van der Waals surface area contributed by atoms with E-state index in [4.69, 9.17) is 0 Å². The third-order valence-electron chi connectivity index (χ3n) is 6.42. The third-order valence-corrected chi connectivity index (χ3v) is 8.25. The van der Waals surface area contributed by atoms with Crippen molar-refractivity contribution in [1.29, 1.82) is 0 Å². The molecule has 0 spiro atoms. The lowest BCUT2D eigenvalue weighted by Gasteiger charge is -2.37. The molecule has 0 unspecified atom stereocenters. The predicted octanol–water partition coefficient (Wildman–Crippen LogP) is 2.91. The van der Waals surface area contributed by atoms with Crippen LogP contribution in [0, 0.1) is 11.8 Å².